The van der Waals surface area contributed by atoms with E-state index in [1.165, 1.54) is 5.56 Å². The predicted octanol–water partition coefficient (Wildman–Crippen LogP) is 4.14. The van der Waals surface area contributed by atoms with Crippen molar-refractivity contribution in [3.05, 3.63) is 71.7 Å². The topological polar surface area (TPSA) is 98.7 Å². The molecule has 0 saturated carbocycles. The van der Waals surface area contributed by atoms with E-state index in [4.69, 9.17) is 4.52 Å². The van der Waals surface area contributed by atoms with Crippen LogP contribution >= 0.6 is 0 Å². The second-order valence-corrected chi connectivity index (χ2v) is 7.06. The first-order valence-electron chi connectivity index (χ1n) is 9.76. The third kappa shape index (κ3) is 3.98. The molecule has 0 fully saturated rings. The second-order valence-electron chi connectivity index (χ2n) is 7.06. The summed E-state index contributed by atoms with van der Waals surface area (Å²) in [6.45, 7) is 6.09. The van der Waals surface area contributed by atoms with Gasteiger partial charge < -0.3 is 9.84 Å². The number of aromatic nitrogens is 5. The number of aryl methyl sites for hydroxylation is 3. The van der Waals surface area contributed by atoms with Crippen molar-refractivity contribution in [2.24, 2.45) is 0 Å². The molecular weight excluding hydrogens is 380 g/mol. The van der Waals surface area contributed by atoms with Crippen LogP contribution in [0.1, 0.15) is 40.8 Å². The van der Waals surface area contributed by atoms with Crippen LogP contribution in [-0.4, -0.2) is 30.6 Å². The first-order valence-corrected chi connectivity index (χ1v) is 9.76. The van der Waals surface area contributed by atoms with Gasteiger partial charge in [-0.15, -0.1) is 0 Å². The van der Waals surface area contributed by atoms with E-state index in [2.05, 4.69) is 32.3 Å². The van der Waals surface area contributed by atoms with Gasteiger partial charge in [0.2, 0.25) is 0 Å². The lowest BCUT2D eigenvalue weighted by Crippen LogP contribution is -2.12. The Hall–Kier alpha value is -3.81. The minimum absolute atomic E-state index is 0.280. The lowest BCUT2D eigenvalue weighted by Gasteiger charge is -2.06. The van der Waals surface area contributed by atoms with Crippen molar-refractivity contribution in [2.75, 3.05) is 5.32 Å². The van der Waals surface area contributed by atoms with E-state index >= 15 is 0 Å². The quantitative estimate of drug-likeness (QED) is 0.520. The summed E-state index contributed by atoms with van der Waals surface area (Å²) < 4.78 is 7.08. The molecule has 4 rings (SSSR count). The number of rotatable bonds is 6. The van der Waals surface area contributed by atoms with Crippen molar-refractivity contribution in [3.63, 3.8) is 0 Å². The average Bonchev–Trinajstić information content (AvgIpc) is 3.41. The number of amides is 1. The molecule has 0 bridgehead atoms. The van der Waals surface area contributed by atoms with Crippen LogP contribution in [-0.2, 0) is 6.42 Å². The van der Waals surface area contributed by atoms with Gasteiger partial charge in [-0.2, -0.15) is 4.98 Å². The van der Waals surface area contributed by atoms with Crippen molar-refractivity contribution in [1.82, 2.24) is 24.7 Å². The maximum absolute atomic E-state index is 12.6. The molecule has 1 N–H and O–H groups in total. The smallest absolute Gasteiger partial charge is 0.275 e. The molecule has 1 aromatic carbocycles. The summed E-state index contributed by atoms with van der Waals surface area (Å²) >= 11 is 0. The Morgan fingerprint density at radius 1 is 1.17 bits per heavy atom. The fourth-order valence-corrected chi connectivity index (χ4v) is 3.03. The van der Waals surface area contributed by atoms with Gasteiger partial charge in [0.1, 0.15) is 12.0 Å². The Labute approximate surface area is 174 Å². The molecule has 0 spiro atoms. The van der Waals surface area contributed by atoms with Crippen LogP contribution in [0.5, 0.6) is 0 Å². The number of nitrogens with zero attached hydrogens (tertiary/aromatic N) is 5. The van der Waals surface area contributed by atoms with E-state index in [-0.39, 0.29) is 11.6 Å². The van der Waals surface area contributed by atoms with Crippen LogP contribution in [0.3, 0.4) is 0 Å². The fourth-order valence-electron chi connectivity index (χ4n) is 3.03. The standard InChI is InChI=1S/C22H22N6O2/c1-4-6-19-26-22(30-27-19)17-7-5-10-23-20(17)28-12-18(24-13-28)21(29)25-16-9-8-14(2)15(3)11-16/h5,7-13H,4,6H2,1-3H3,(H,25,29). The zero-order valence-corrected chi connectivity index (χ0v) is 17.1. The van der Waals surface area contributed by atoms with E-state index < -0.39 is 0 Å². The normalized spacial score (nSPS) is 10.9. The number of anilines is 1. The number of nitrogens with one attached hydrogen (secondary N) is 1. The van der Waals surface area contributed by atoms with Gasteiger partial charge in [0.15, 0.2) is 11.6 Å². The van der Waals surface area contributed by atoms with E-state index in [1.54, 1.807) is 29.4 Å². The minimum Gasteiger partial charge on any atom is -0.334 e. The number of imidazole rings is 1. The van der Waals surface area contributed by atoms with E-state index in [0.717, 1.165) is 24.1 Å². The molecule has 0 unspecified atom stereocenters. The van der Waals surface area contributed by atoms with Crippen molar-refractivity contribution < 1.29 is 9.32 Å². The van der Waals surface area contributed by atoms with Crippen molar-refractivity contribution in [2.45, 2.75) is 33.6 Å². The van der Waals surface area contributed by atoms with Crippen LogP contribution in [0.4, 0.5) is 5.69 Å². The van der Waals surface area contributed by atoms with Crippen LogP contribution in [0, 0.1) is 13.8 Å². The Bertz CT molecular complexity index is 1190. The molecule has 3 heterocycles. The third-order valence-corrected chi connectivity index (χ3v) is 4.78. The number of carbonyl (C=O) groups is 1. The van der Waals surface area contributed by atoms with Crippen molar-refractivity contribution in [1.29, 1.82) is 0 Å². The summed E-state index contributed by atoms with van der Waals surface area (Å²) in [5.74, 6) is 1.30. The lowest BCUT2D eigenvalue weighted by molar-refractivity contribution is 0.102. The van der Waals surface area contributed by atoms with Gasteiger partial charge in [0.05, 0.1) is 5.56 Å². The van der Waals surface area contributed by atoms with Crippen LogP contribution in [0.2, 0.25) is 0 Å². The molecule has 4 aromatic rings. The van der Waals surface area contributed by atoms with Crippen LogP contribution in [0.15, 0.2) is 53.6 Å². The second kappa shape index (κ2) is 8.28. The maximum Gasteiger partial charge on any atom is 0.275 e. The molecule has 8 heteroatoms. The SMILES string of the molecule is CCCc1noc(-c2cccnc2-n2cnc(C(=O)Nc3ccc(C)c(C)c3)c2)n1. The molecule has 0 aliphatic carbocycles. The van der Waals surface area contributed by atoms with Gasteiger partial charge in [-0.25, -0.2) is 9.97 Å². The molecule has 0 aliphatic rings. The number of hydrogen-bond donors (Lipinski definition) is 1. The zero-order chi connectivity index (χ0) is 21.1. The summed E-state index contributed by atoms with van der Waals surface area (Å²) in [5.41, 5.74) is 3.96. The highest BCUT2D eigenvalue weighted by Crippen LogP contribution is 2.24. The van der Waals surface area contributed by atoms with Gasteiger partial charge in [0, 0.05) is 24.5 Å². The minimum atomic E-state index is -0.294. The Balaban J connectivity index is 1.59. The third-order valence-electron chi connectivity index (χ3n) is 4.78. The molecule has 30 heavy (non-hydrogen) atoms. The maximum atomic E-state index is 12.6. The molecule has 0 atom stereocenters. The molecule has 0 aliphatic heterocycles. The van der Waals surface area contributed by atoms with Gasteiger partial charge in [-0.1, -0.05) is 18.1 Å². The number of benzene rings is 1. The first kappa shape index (κ1) is 19.5. The molecule has 3 aromatic heterocycles. The van der Waals surface area contributed by atoms with E-state index in [9.17, 15) is 4.79 Å². The highest BCUT2D eigenvalue weighted by atomic mass is 16.5. The summed E-state index contributed by atoms with van der Waals surface area (Å²) in [4.78, 5) is 25.7. The monoisotopic (exact) mass is 402 g/mol. The Kier molecular flexibility index (Phi) is 5.38. The molecule has 0 saturated heterocycles. The van der Waals surface area contributed by atoms with Crippen molar-refractivity contribution in [3.8, 4) is 17.3 Å². The van der Waals surface area contributed by atoms with Crippen LogP contribution in [0.25, 0.3) is 17.3 Å². The lowest BCUT2D eigenvalue weighted by atomic mass is 10.1. The molecule has 0 radical (unpaired) electrons. The Morgan fingerprint density at radius 2 is 2.03 bits per heavy atom. The predicted molar refractivity (Wildman–Crippen MR) is 113 cm³/mol. The van der Waals surface area contributed by atoms with E-state index in [1.807, 2.05) is 38.1 Å². The average molecular weight is 402 g/mol. The highest BCUT2D eigenvalue weighted by molar-refractivity contribution is 6.02. The van der Waals surface area contributed by atoms with Crippen molar-refractivity contribution >= 4 is 11.6 Å². The summed E-state index contributed by atoms with van der Waals surface area (Å²) in [6, 6.07) is 9.43. The highest BCUT2D eigenvalue weighted by Gasteiger charge is 2.17. The van der Waals surface area contributed by atoms with E-state index in [0.29, 0.717) is 23.1 Å². The summed E-state index contributed by atoms with van der Waals surface area (Å²) in [6.07, 6.45) is 6.51. The molecule has 1 amide bonds. The Morgan fingerprint density at radius 3 is 2.83 bits per heavy atom. The van der Waals surface area contributed by atoms with Gasteiger partial charge >= 0.3 is 0 Å². The number of pyridine rings is 1. The van der Waals surface area contributed by atoms with Crippen LogP contribution < -0.4 is 5.32 Å². The summed E-state index contributed by atoms with van der Waals surface area (Å²) in [7, 11) is 0. The fraction of sp³-hybridized carbons (Fsp3) is 0.227. The largest absolute Gasteiger partial charge is 0.334 e. The van der Waals surface area contributed by atoms with Gasteiger partial charge in [-0.05, 0) is 55.7 Å². The van der Waals surface area contributed by atoms with Gasteiger partial charge in [-0.3, -0.25) is 9.36 Å². The number of carbonyl (C=O) groups excluding carboxylic acids is 1. The molecular formula is C22H22N6O2. The summed E-state index contributed by atoms with van der Waals surface area (Å²) in [5, 5.41) is 6.89. The molecule has 8 nitrogen and oxygen atoms in total. The zero-order valence-electron chi connectivity index (χ0n) is 17.1. The van der Waals surface area contributed by atoms with Gasteiger partial charge in [0.25, 0.3) is 11.8 Å². The first-order chi connectivity index (χ1) is 14.5. The molecule has 152 valence electrons. The number of hydrogen-bond acceptors (Lipinski definition) is 6.